The van der Waals surface area contributed by atoms with Gasteiger partial charge in [0.1, 0.15) is 12.1 Å². The number of nitrogens with zero attached hydrogens (tertiary/aromatic N) is 3. The Hall–Kier alpha value is -2.74. The zero-order valence-electron chi connectivity index (χ0n) is 17.9. The molecule has 156 valence electrons. The number of nitro groups is 1. The van der Waals surface area contributed by atoms with Gasteiger partial charge in [-0.05, 0) is 77.6 Å². The molecule has 1 aliphatic heterocycles. The lowest BCUT2D eigenvalue weighted by Crippen LogP contribution is -2.60. The zero-order chi connectivity index (χ0) is 21.4. The van der Waals surface area contributed by atoms with Crippen LogP contribution >= 0.6 is 0 Å². The Labute approximate surface area is 171 Å². The van der Waals surface area contributed by atoms with Crippen molar-refractivity contribution in [2.24, 2.45) is 0 Å². The third kappa shape index (κ3) is 5.00. The molecule has 29 heavy (non-hydrogen) atoms. The molecule has 0 radical (unpaired) electrons. The van der Waals surface area contributed by atoms with E-state index in [0.717, 1.165) is 24.0 Å². The van der Waals surface area contributed by atoms with Gasteiger partial charge in [0.15, 0.2) is 0 Å². The van der Waals surface area contributed by atoms with E-state index in [-0.39, 0.29) is 34.5 Å². The Morgan fingerprint density at radius 3 is 2.38 bits per heavy atom. The highest BCUT2D eigenvalue weighted by molar-refractivity contribution is 5.62. The molecule has 0 unspecified atom stereocenters. The fourth-order valence-electron chi connectivity index (χ4n) is 4.21. The maximum atomic E-state index is 11.8. The van der Waals surface area contributed by atoms with Crippen molar-refractivity contribution in [1.29, 1.82) is 0 Å². The van der Waals surface area contributed by atoms with Gasteiger partial charge in [0.2, 0.25) is 5.82 Å². The minimum atomic E-state index is -0.490. The highest BCUT2D eigenvalue weighted by Gasteiger charge is 2.39. The quantitative estimate of drug-likeness (QED) is 0.563. The van der Waals surface area contributed by atoms with Crippen molar-refractivity contribution in [1.82, 2.24) is 15.3 Å². The van der Waals surface area contributed by atoms with Crippen LogP contribution in [0.1, 0.15) is 51.7 Å². The number of rotatable bonds is 5. The summed E-state index contributed by atoms with van der Waals surface area (Å²) in [6, 6.07) is 5.56. The van der Waals surface area contributed by atoms with Crippen LogP contribution in [-0.2, 0) is 0 Å². The number of nitrogens with one attached hydrogen (secondary N) is 2. The molecule has 1 fully saturated rings. The molecular formula is C21H29N5O3. The topological polar surface area (TPSA) is 102 Å². The van der Waals surface area contributed by atoms with Crippen LogP contribution in [0.25, 0.3) is 0 Å². The lowest BCUT2D eigenvalue weighted by molar-refractivity contribution is -0.385. The van der Waals surface area contributed by atoms with E-state index in [2.05, 4.69) is 48.3 Å². The van der Waals surface area contributed by atoms with Crippen molar-refractivity contribution in [2.75, 3.05) is 5.32 Å². The predicted molar refractivity (Wildman–Crippen MR) is 113 cm³/mol. The van der Waals surface area contributed by atoms with Crippen LogP contribution in [-0.4, -0.2) is 32.0 Å². The average molecular weight is 399 g/mol. The van der Waals surface area contributed by atoms with Crippen LogP contribution in [0.3, 0.4) is 0 Å². The second kappa shape index (κ2) is 7.59. The van der Waals surface area contributed by atoms with Crippen LogP contribution in [0.2, 0.25) is 0 Å². The van der Waals surface area contributed by atoms with Gasteiger partial charge in [-0.3, -0.25) is 10.1 Å². The highest BCUT2D eigenvalue weighted by atomic mass is 16.6. The first kappa shape index (κ1) is 21.0. The predicted octanol–water partition coefficient (Wildman–Crippen LogP) is 4.52. The Balaban J connectivity index is 1.91. The van der Waals surface area contributed by atoms with E-state index >= 15 is 0 Å². The average Bonchev–Trinajstić information content (AvgIpc) is 2.55. The summed E-state index contributed by atoms with van der Waals surface area (Å²) in [5, 5.41) is 18.7. The maximum Gasteiger partial charge on any atom is 0.373 e. The van der Waals surface area contributed by atoms with Crippen molar-refractivity contribution in [2.45, 2.75) is 71.5 Å². The van der Waals surface area contributed by atoms with Crippen LogP contribution in [0.5, 0.6) is 11.6 Å². The molecule has 1 aromatic carbocycles. The molecule has 0 aliphatic carbocycles. The third-order valence-electron chi connectivity index (χ3n) is 5.20. The molecular weight excluding hydrogens is 370 g/mol. The summed E-state index contributed by atoms with van der Waals surface area (Å²) in [5.41, 5.74) is 1.71. The lowest BCUT2D eigenvalue weighted by Gasteiger charge is -2.46. The van der Waals surface area contributed by atoms with E-state index in [1.807, 2.05) is 26.0 Å². The molecule has 0 spiro atoms. The van der Waals surface area contributed by atoms with E-state index in [9.17, 15) is 10.1 Å². The molecule has 2 heterocycles. The summed E-state index contributed by atoms with van der Waals surface area (Å²) < 4.78 is 5.77. The first-order chi connectivity index (χ1) is 13.5. The summed E-state index contributed by atoms with van der Waals surface area (Å²) in [6.45, 7) is 12.5. The van der Waals surface area contributed by atoms with Crippen LogP contribution in [0, 0.1) is 24.0 Å². The fourth-order valence-corrected chi connectivity index (χ4v) is 4.21. The van der Waals surface area contributed by atoms with E-state index in [0.29, 0.717) is 5.75 Å². The highest BCUT2D eigenvalue weighted by Crippen LogP contribution is 2.37. The van der Waals surface area contributed by atoms with Crippen molar-refractivity contribution in [3.8, 4) is 11.6 Å². The molecule has 0 atom stereocenters. The Bertz CT molecular complexity index is 911. The number of hydrogen-bond donors (Lipinski definition) is 2. The number of anilines is 1. The second-order valence-corrected chi connectivity index (χ2v) is 9.12. The summed E-state index contributed by atoms with van der Waals surface area (Å²) in [4.78, 5) is 19.5. The largest absolute Gasteiger partial charge is 0.434 e. The summed E-state index contributed by atoms with van der Waals surface area (Å²) in [5.74, 6) is 0.621. The van der Waals surface area contributed by atoms with Gasteiger partial charge in [-0.15, -0.1) is 0 Å². The van der Waals surface area contributed by atoms with Gasteiger partial charge in [-0.25, -0.2) is 4.98 Å². The maximum absolute atomic E-state index is 11.8. The van der Waals surface area contributed by atoms with Gasteiger partial charge in [-0.2, -0.15) is 4.98 Å². The molecule has 1 aromatic heterocycles. The first-order valence-electron chi connectivity index (χ1n) is 9.76. The monoisotopic (exact) mass is 399 g/mol. The molecule has 8 nitrogen and oxygen atoms in total. The molecule has 0 bridgehead atoms. The van der Waals surface area contributed by atoms with Gasteiger partial charge in [-0.1, -0.05) is 6.07 Å². The number of hydrogen-bond acceptors (Lipinski definition) is 7. The minimum Gasteiger partial charge on any atom is -0.434 e. The normalized spacial score (nSPS) is 18.3. The van der Waals surface area contributed by atoms with Crippen molar-refractivity contribution in [3.63, 3.8) is 0 Å². The van der Waals surface area contributed by atoms with E-state index in [4.69, 9.17) is 4.74 Å². The van der Waals surface area contributed by atoms with Crippen LogP contribution < -0.4 is 15.4 Å². The first-order valence-corrected chi connectivity index (χ1v) is 9.76. The second-order valence-electron chi connectivity index (χ2n) is 9.12. The summed E-state index contributed by atoms with van der Waals surface area (Å²) >= 11 is 0. The number of ether oxygens (including phenoxy) is 1. The Morgan fingerprint density at radius 1 is 1.14 bits per heavy atom. The van der Waals surface area contributed by atoms with Gasteiger partial charge in [0.25, 0.3) is 0 Å². The van der Waals surface area contributed by atoms with E-state index in [1.54, 1.807) is 6.07 Å². The Kier molecular flexibility index (Phi) is 5.49. The summed E-state index contributed by atoms with van der Waals surface area (Å²) in [7, 11) is 0. The zero-order valence-corrected chi connectivity index (χ0v) is 17.9. The van der Waals surface area contributed by atoms with Crippen LogP contribution in [0.4, 0.5) is 11.5 Å². The van der Waals surface area contributed by atoms with Gasteiger partial charge < -0.3 is 15.4 Å². The van der Waals surface area contributed by atoms with Crippen molar-refractivity contribution >= 4 is 11.5 Å². The van der Waals surface area contributed by atoms with Gasteiger partial charge in [0, 0.05) is 17.1 Å². The number of aryl methyl sites for hydroxylation is 2. The van der Waals surface area contributed by atoms with Crippen LogP contribution in [0.15, 0.2) is 24.5 Å². The van der Waals surface area contributed by atoms with E-state index in [1.165, 1.54) is 6.33 Å². The minimum absolute atomic E-state index is 0.0318. The molecule has 3 rings (SSSR count). The van der Waals surface area contributed by atoms with Gasteiger partial charge >= 0.3 is 11.6 Å². The fraction of sp³-hybridized carbons (Fsp3) is 0.524. The standard InChI is InChI=1S/C21H29N5O3/c1-13-7-8-16(9-14(13)2)29-19-17(26(27)28)18(22-12-23-19)24-15-10-20(3,4)25-21(5,6)11-15/h7-9,12,15,25H,10-11H2,1-6H3,(H,22,23,24). The molecule has 1 aliphatic rings. The summed E-state index contributed by atoms with van der Waals surface area (Å²) in [6.07, 6.45) is 2.92. The molecule has 0 saturated carbocycles. The Morgan fingerprint density at radius 2 is 1.79 bits per heavy atom. The number of aromatic nitrogens is 2. The third-order valence-corrected chi connectivity index (χ3v) is 5.20. The number of benzene rings is 1. The van der Waals surface area contributed by atoms with Gasteiger partial charge in [0.05, 0.1) is 4.92 Å². The molecule has 1 saturated heterocycles. The molecule has 0 amide bonds. The lowest BCUT2D eigenvalue weighted by atomic mass is 9.79. The molecule has 2 N–H and O–H groups in total. The number of piperidine rings is 1. The van der Waals surface area contributed by atoms with Crippen molar-refractivity contribution in [3.05, 3.63) is 45.8 Å². The van der Waals surface area contributed by atoms with Crippen molar-refractivity contribution < 1.29 is 9.66 Å². The molecule has 8 heteroatoms. The SMILES string of the molecule is Cc1ccc(Oc2ncnc(NC3CC(C)(C)NC(C)(C)C3)c2[N+](=O)[O-])cc1C. The smallest absolute Gasteiger partial charge is 0.373 e. The van der Waals surface area contributed by atoms with E-state index < -0.39 is 4.92 Å². The molecule has 2 aromatic rings.